The number of nitrogens with one attached hydrogen (secondary N) is 1. The smallest absolute Gasteiger partial charge is 0.0198 e. The van der Waals surface area contributed by atoms with Crippen molar-refractivity contribution in [2.75, 3.05) is 19.6 Å². The van der Waals surface area contributed by atoms with Crippen LogP contribution in [0.25, 0.3) is 0 Å². The van der Waals surface area contributed by atoms with Crippen molar-refractivity contribution < 1.29 is 0 Å². The Balaban J connectivity index is 1.59. The lowest BCUT2D eigenvalue weighted by Crippen LogP contribution is -2.37. The van der Waals surface area contributed by atoms with E-state index in [1.807, 2.05) is 0 Å². The molecule has 2 aliphatic heterocycles. The molecular weight excluding hydrogens is 220 g/mol. The van der Waals surface area contributed by atoms with Crippen molar-refractivity contribution in [3.05, 3.63) is 35.9 Å². The minimum Gasteiger partial charge on any atom is -0.310 e. The second-order valence-corrected chi connectivity index (χ2v) is 6.00. The minimum atomic E-state index is 0.642. The number of hydrogen-bond donors (Lipinski definition) is 1. The van der Waals surface area contributed by atoms with Gasteiger partial charge in [0.25, 0.3) is 0 Å². The fraction of sp³-hybridized carbons (Fsp3) is 0.625. The molecule has 0 aliphatic carbocycles. The Hall–Kier alpha value is -0.860. The van der Waals surface area contributed by atoms with Gasteiger partial charge < -0.3 is 10.2 Å². The van der Waals surface area contributed by atoms with Crippen LogP contribution >= 0.6 is 0 Å². The predicted molar refractivity (Wildman–Crippen MR) is 75.9 cm³/mol. The van der Waals surface area contributed by atoms with Crippen molar-refractivity contribution >= 4 is 0 Å². The molecule has 1 aromatic rings. The third-order valence-corrected chi connectivity index (χ3v) is 4.51. The van der Waals surface area contributed by atoms with Crippen LogP contribution in [-0.4, -0.2) is 36.6 Å². The maximum Gasteiger partial charge on any atom is 0.0198 e. The second kappa shape index (κ2) is 5.41. The zero-order valence-electron chi connectivity index (χ0n) is 11.3. The summed E-state index contributed by atoms with van der Waals surface area (Å²) in [6.45, 7) is 6.07. The first-order valence-electron chi connectivity index (χ1n) is 7.34. The number of likely N-dealkylation sites (tertiary alicyclic amines) is 1. The molecule has 2 nitrogen and oxygen atoms in total. The van der Waals surface area contributed by atoms with E-state index in [9.17, 15) is 0 Å². The Morgan fingerprint density at radius 1 is 1.17 bits per heavy atom. The first kappa shape index (κ1) is 12.2. The quantitative estimate of drug-likeness (QED) is 0.879. The van der Waals surface area contributed by atoms with E-state index in [1.165, 1.54) is 44.5 Å². The molecule has 1 N–H and O–H groups in total. The predicted octanol–water partition coefficient (Wildman–Crippen LogP) is 2.62. The Morgan fingerprint density at radius 2 is 1.94 bits per heavy atom. The fourth-order valence-corrected chi connectivity index (χ4v) is 3.46. The highest BCUT2D eigenvalue weighted by Gasteiger charge is 2.29. The van der Waals surface area contributed by atoms with Crippen molar-refractivity contribution in [1.29, 1.82) is 0 Å². The summed E-state index contributed by atoms with van der Waals surface area (Å²) in [5, 5.41) is 3.75. The average Bonchev–Trinajstić information content (AvgIpc) is 2.74. The highest BCUT2D eigenvalue weighted by atomic mass is 15.2. The Kier molecular flexibility index (Phi) is 3.67. The average molecular weight is 244 g/mol. The molecular formula is C16H24N2. The van der Waals surface area contributed by atoms with Crippen LogP contribution < -0.4 is 5.32 Å². The van der Waals surface area contributed by atoms with Gasteiger partial charge in [-0.25, -0.2) is 0 Å². The van der Waals surface area contributed by atoms with Crippen LogP contribution in [-0.2, 0) is 0 Å². The molecule has 3 unspecified atom stereocenters. The van der Waals surface area contributed by atoms with Crippen LogP contribution in [0.5, 0.6) is 0 Å². The molecule has 2 aliphatic rings. The number of nitrogens with zero attached hydrogens (tertiary/aromatic N) is 1. The zero-order chi connectivity index (χ0) is 12.4. The molecule has 2 heterocycles. The molecule has 2 heteroatoms. The van der Waals surface area contributed by atoms with Crippen LogP contribution in [0.1, 0.15) is 37.7 Å². The van der Waals surface area contributed by atoms with E-state index in [0.717, 1.165) is 12.1 Å². The highest BCUT2D eigenvalue weighted by Crippen LogP contribution is 2.23. The standard InChI is InChI=1S/C16H24N2/c1-13(14-5-3-2-4-6-14)11-18-10-9-15-7-8-16(12-18)17-15/h2-6,13,15-17H,7-12H2,1H3. The molecule has 0 saturated carbocycles. The number of hydrogen-bond acceptors (Lipinski definition) is 2. The molecule has 0 spiro atoms. The van der Waals surface area contributed by atoms with Crippen molar-refractivity contribution in [2.45, 2.75) is 44.2 Å². The Labute approximate surface area is 110 Å². The van der Waals surface area contributed by atoms with Crippen molar-refractivity contribution in [1.82, 2.24) is 10.2 Å². The normalized spacial score (nSPS) is 30.1. The van der Waals surface area contributed by atoms with E-state index >= 15 is 0 Å². The highest BCUT2D eigenvalue weighted by molar-refractivity contribution is 5.19. The van der Waals surface area contributed by atoms with Crippen LogP contribution in [0, 0.1) is 0 Å². The summed E-state index contributed by atoms with van der Waals surface area (Å²) < 4.78 is 0. The largest absolute Gasteiger partial charge is 0.310 e. The van der Waals surface area contributed by atoms with E-state index in [4.69, 9.17) is 0 Å². The summed E-state index contributed by atoms with van der Waals surface area (Å²) in [7, 11) is 0. The molecule has 2 saturated heterocycles. The molecule has 98 valence electrons. The molecule has 1 aromatic carbocycles. The van der Waals surface area contributed by atoms with E-state index in [2.05, 4.69) is 47.5 Å². The topological polar surface area (TPSA) is 15.3 Å². The zero-order valence-corrected chi connectivity index (χ0v) is 11.3. The van der Waals surface area contributed by atoms with Gasteiger partial charge in [-0.15, -0.1) is 0 Å². The van der Waals surface area contributed by atoms with Gasteiger partial charge >= 0.3 is 0 Å². The van der Waals surface area contributed by atoms with Gasteiger partial charge in [-0.3, -0.25) is 0 Å². The summed E-state index contributed by atoms with van der Waals surface area (Å²) in [6, 6.07) is 12.5. The Bertz CT molecular complexity index is 376. The lowest BCUT2D eigenvalue weighted by Gasteiger charge is -2.27. The number of benzene rings is 1. The van der Waals surface area contributed by atoms with Crippen LogP contribution in [0.3, 0.4) is 0 Å². The molecule has 0 radical (unpaired) electrons. The maximum absolute atomic E-state index is 3.75. The van der Waals surface area contributed by atoms with E-state index in [1.54, 1.807) is 0 Å². The first-order valence-corrected chi connectivity index (χ1v) is 7.34. The van der Waals surface area contributed by atoms with Crippen LogP contribution in [0.2, 0.25) is 0 Å². The van der Waals surface area contributed by atoms with Crippen molar-refractivity contribution in [3.63, 3.8) is 0 Å². The second-order valence-electron chi connectivity index (χ2n) is 6.00. The molecule has 2 fully saturated rings. The van der Waals surface area contributed by atoms with E-state index < -0.39 is 0 Å². The van der Waals surface area contributed by atoms with Gasteiger partial charge in [-0.2, -0.15) is 0 Å². The number of rotatable bonds is 3. The molecule has 0 amide bonds. The van der Waals surface area contributed by atoms with Gasteiger partial charge in [0.05, 0.1) is 0 Å². The SMILES string of the molecule is CC(CN1CCC2CCC(C1)N2)c1ccccc1. The molecule has 18 heavy (non-hydrogen) atoms. The van der Waals surface area contributed by atoms with Gasteiger partial charge in [0, 0.05) is 25.2 Å². The minimum absolute atomic E-state index is 0.642. The molecule has 0 aromatic heterocycles. The van der Waals surface area contributed by atoms with Crippen molar-refractivity contribution in [2.24, 2.45) is 0 Å². The summed E-state index contributed by atoms with van der Waals surface area (Å²) in [5.74, 6) is 0.642. The van der Waals surface area contributed by atoms with Gasteiger partial charge in [0.2, 0.25) is 0 Å². The first-order chi connectivity index (χ1) is 8.81. The third-order valence-electron chi connectivity index (χ3n) is 4.51. The molecule has 3 rings (SSSR count). The summed E-state index contributed by atoms with van der Waals surface area (Å²) in [4.78, 5) is 2.66. The molecule has 2 bridgehead atoms. The molecule has 3 atom stereocenters. The van der Waals surface area contributed by atoms with E-state index in [-0.39, 0.29) is 0 Å². The maximum atomic E-state index is 3.75. The summed E-state index contributed by atoms with van der Waals surface area (Å²) in [5.41, 5.74) is 1.47. The lowest BCUT2D eigenvalue weighted by molar-refractivity contribution is 0.247. The van der Waals surface area contributed by atoms with E-state index in [0.29, 0.717) is 5.92 Å². The third kappa shape index (κ3) is 2.76. The fourth-order valence-electron chi connectivity index (χ4n) is 3.46. The van der Waals surface area contributed by atoms with Gasteiger partial charge in [0.1, 0.15) is 0 Å². The summed E-state index contributed by atoms with van der Waals surface area (Å²) >= 11 is 0. The van der Waals surface area contributed by atoms with Gasteiger partial charge in [-0.1, -0.05) is 37.3 Å². The van der Waals surface area contributed by atoms with Gasteiger partial charge in [0.15, 0.2) is 0 Å². The lowest BCUT2D eigenvalue weighted by atomic mass is 10.00. The Morgan fingerprint density at radius 3 is 2.78 bits per heavy atom. The van der Waals surface area contributed by atoms with Gasteiger partial charge in [-0.05, 0) is 37.3 Å². The monoisotopic (exact) mass is 244 g/mol. The van der Waals surface area contributed by atoms with Crippen LogP contribution in [0.15, 0.2) is 30.3 Å². The summed E-state index contributed by atoms with van der Waals surface area (Å²) in [6.07, 6.45) is 4.10. The number of fused-ring (bicyclic) bond motifs is 2. The van der Waals surface area contributed by atoms with Crippen LogP contribution in [0.4, 0.5) is 0 Å². The van der Waals surface area contributed by atoms with Crippen molar-refractivity contribution in [3.8, 4) is 0 Å².